The number of nitrogen functional groups attached to an aromatic ring is 1. The fourth-order valence-corrected chi connectivity index (χ4v) is 2.11. The zero-order valence-corrected chi connectivity index (χ0v) is 10.2. The third kappa shape index (κ3) is 2.91. The summed E-state index contributed by atoms with van der Waals surface area (Å²) in [6.07, 6.45) is -4.80. The van der Waals surface area contributed by atoms with Gasteiger partial charge in [0, 0.05) is 26.2 Å². The van der Waals surface area contributed by atoms with E-state index < -0.39 is 12.1 Å². The number of alkyl halides is 3. The van der Waals surface area contributed by atoms with Crippen molar-refractivity contribution in [1.82, 2.24) is 4.90 Å². The summed E-state index contributed by atoms with van der Waals surface area (Å²) in [4.78, 5) is 13.8. The first kappa shape index (κ1) is 13.5. The molecule has 1 aromatic carbocycles. The Kier molecular flexibility index (Phi) is 3.55. The molecular formula is C12H14F3N3O. The molecule has 4 nitrogen and oxygen atoms in total. The highest BCUT2D eigenvalue weighted by Crippen LogP contribution is 2.25. The van der Waals surface area contributed by atoms with Crippen LogP contribution in [0.3, 0.4) is 0 Å². The number of carbonyl (C=O) groups excluding carboxylic acids is 1. The third-order valence-corrected chi connectivity index (χ3v) is 3.09. The van der Waals surface area contributed by atoms with Crippen molar-refractivity contribution in [2.45, 2.75) is 6.18 Å². The second-order valence-electron chi connectivity index (χ2n) is 4.34. The molecule has 19 heavy (non-hydrogen) atoms. The number of hydrogen-bond donors (Lipinski definition) is 1. The minimum Gasteiger partial charge on any atom is -0.397 e. The lowest BCUT2D eigenvalue weighted by molar-refractivity contribution is -0.185. The molecule has 0 aromatic heterocycles. The van der Waals surface area contributed by atoms with Crippen molar-refractivity contribution in [2.75, 3.05) is 36.8 Å². The number of carbonyl (C=O) groups is 1. The molecule has 1 heterocycles. The van der Waals surface area contributed by atoms with Gasteiger partial charge in [0.15, 0.2) is 0 Å². The lowest BCUT2D eigenvalue weighted by atomic mass is 10.2. The van der Waals surface area contributed by atoms with Crippen LogP contribution in [-0.2, 0) is 4.79 Å². The van der Waals surface area contributed by atoms with E-state index in [2.05, 4.69) is 0 Å². The third-order valence-electron chi connectivity index (χ3n) is 3.09. The van der Waals surface area contributed by atoms with E-state index in [-0.39, 0.29) is 13.1 Å². The first-order chi connectivity index (χ1) is 8.89. The number of nitrogens with two attached hydrogens (primary N) is 1. The van der Waals surface area contributed by atoms with Gasteiger partial charge in [-0.15, -0.1) is 0 Å². The van der Waals surface area contributed by atoms with Crippen molar-refractivity contribution in [1.29, 1.82) is 0 Å². The van der Waals surface area contributed by atoms with Gasteiger partial charge in [-0.3, -0.25) is 4.79 Å². The Morgan fingerprint density at radius 3 is 2.21 bits per heavy atom. The van der Waals surface area contributed by atoms with Gasteiger partial charge >= 0.3 is 12.1 Å². The summed E-state index contributed by atoms with van der Waals surface area (Å²) in [6.45, 7) is 0.783. The van der Waals surface area contributed by atoms with Gasteiger partial charge in [-0.2, -0.15) is 13.2 Å². The number of nitrogens with zero attached hydrogens (tertiary/aromatic N) is 2. The largest absolute Gasteiger partial charge is 0.471 e. The maximum atomic E-state index is 12.3. The maximum Gasteiger partial charge on any atom is 0.471 e. The predicted octanol–water partition coefficient (Wildman–Crippen LogP) is 1.48. The smallest absolute Gasteiger partial charge is 0.397 e. The fourth-order valence-electron chi connectivity index (χ4n) is 2.11. The van der Waals surface area contributed by atoms with Gasteiger partial charge in [-0.1, -0.05) is 12.1 Å². The van der Waals surface area contributed by atoms with E-state index in [9.17, 15) is 18.0 Å². The average Bonchev–Trinajstić information content (AvgIpc) is 2.38. The number of amides is 1. The van der Waals surface area contributed by atoms with E-state index >= 15 is 0 Å². The summed E-state index contributed by atoms with van der Waals surface area (Å²) in [5, 5.41) is 0. The molecule has 0 spiro atoms. The van der Waals surface area contributed by atoms with E-state index in [1.165, 1.54) is 0 Å². The van der Waals surface area contributed by atoms with Crippen LogP contribution in [0.4, 0.5) is 24.5 Å². The summed E-state index contributed by atoms with van der Waals surface area (Å²) >= 11 is 0. The van der Waals surface area contributed by atoms with Crippen LogP contribution in [-0.4, -0.2) is 43.2 Å². The molecule has 0 saturated carbocycles. The Morgan fingerprint density at radius 1 is 1.11 bits per heavy atom. The quantitative estimate of drug-likeness (QED) is 0.788. The fraction of sp³-hybridized carbons (Fsp3) is 0.417. The van der Waals surface area contributed by atoms with E-state index in [4.69, 9.17) is 5.73 Å². The van der Waals surface area contributed by atoms with Crippen molar-refractivity contribution < 1.29 is 18.0 Å². The SMILES string of the molecule is Nc1ccccc1N1CCN(C(=O)C(F)(F)F)CC1. The molecule has 1 fully saturated rings. The molecule has 7 heteroatoms. The van der Waals surface area contributed by atoms with Crippen LogP contribution in [0.2, 0.25) is 0 Å². The number of halogens is 3. The Morgan fingerprint density at radius 2 is 1.68 bits per heavy atom. The molecule has 0 radical (unpaired) electrons. The highest BCUT2D eigenvalue weighted by molar-refractivity contribution is 5.82. The van der Waals surface area contributed by atoms with Crippen LogP contribution < -0.4 is 10.6 Å². The zero-order valence-electron chi connectivity index (χ0n) is 10.2. The minimum absolute atomic E-state index is 0.0483. The lowest BCUT2D eigenvalue weighted by Crippen LogP contribution is -2.52. The average molecular weight is 273 g/mol. The summed E-state index contributed by atoms with van der Waals surface area (Å²) in [5.74, 6) is -1.77. The molecule has 0 atom stereocenters. The number of hydrogen-bond acceptors (Lipinski definition) is 3. The summed E-state index contributed by atoms with van der Waals surface area (Å²) < 4.78 is 36.9. The van der Waals surface area contributed by atoms with Crippen molar-refractivity contribution in [3.05, 3.63) is 24.3 Å². The Bertz CT molecular complexity index is 468. The molecule has 104 valence electrons. The molecule has 1 saturated heterocycles. The highest BCUT2D eigenvalue weighted by atomic mass is 19.4. The van der Waals surface area contributed by atoms with Gasteiger partial charge in [-0.05, 0) is 12.1 Å². The zero-order chi connectivity index (χ0) is 14.0. The monoisotopic (exact) mass is 273 g/mol. The molecule has 0 aliphatic carbocycles. The highest BCUT2D eigenvalue weighted by Gasteiger charge is 2.43. The van der Waals surface area contributed by atoms with Crippen molar-refractivity contribution in [3.8, 4) is 0 Å². The number of anilines is 2. The van der Waals surface area contributed by atoms with Crippen molar-refractivity contribution in [3.63, 3.8) is 0 Å². The van der Waals surface area contributed by atoms with Gasteiger partial charge in [0.2, 0.25) is 0 Å². The van der Waals surface area contributed by atoms with E-state index in [1.54, 1.807) is 12.1 Å². The Hall–Kier alpha value is -1.92. The maximum absolute atomic E-state index is 12.3. The van der Waals surface area contributed by atoms with Gasteiger partial charge in [0.25, 0.3) is 0 Å². The van der Waals surface area contributed by atoms with Gasteiger partial charge < -0.3 is 15.5 Å². The van der Waals surface area contributed by atoms with E-state index in [0.29, 0.717) is 18.8 Å². The van der Waals surface area contributed by atoms with Crippen molar-refractivity contribution in [2.24, 2.45) is 0 Å². The lowest BCUT2D eigenvalue weighted by Gasteiger charge is -2.36. The molecule has 2 N–H and O–H groups in total. The molecule has 0 bridgehead atoms. The van der Waals surface area contributed by atoms with E-state index in [0.717, 1.165) is 10.6 Å². The number of rotatable bonds is 1. The normalized spacial score (nSPS) is 16.6. The molecule has 2 rings (SSSR count). The summed E-state index contributed by atoms with van der Waals surface area (Å²) in [7, 11) is 0. The molecule has 1 aliphatic rings. The predicted molar refractivity (Wildman–Crippen MR) is 65.7 cm³/mol. The number of benzene rings is 1. The second kappa shape index (κ2) is 4.99. The van der Waals surface area contributed by atoms with Crippen LogP contribution in [0.5, 0.6) is 0 Å². The molecule has 0 unspecified atom stereocenters. The van der Waals surface area contributed by atoms with Crippen LogP contribution >= 0.6 is 0 Å². The van der Waals surface area contributed by atoms with Gasteiger partial charge in [-0.25, -0.2) is 0 Å². The molecule has 1 aromatic rings. The van der Waals surface area contributed by atoms with Crippen LogP contribution in [0.1, 0.15) is 0 Å². The Labute approximate surface area is 108 Å². The first-order valence-corrected chi connectivity index (χ1v) is 5.85. The minimum atomic E-state index is -4.80. The molecule has 1 aliphatic heterocycles. The Balaban J connectivity index is 2.00. The molecular weight excluding hydrogens is 259 g/mol. The van der Waals surface area contributed by atoms with Gasteiger partial charge in [0.05, 0.1) is 11.4 Å². The summed E-state index contributed by atoms with van der Waals surface area (Å²) in [5.41, 5.74) is 7.19. The topological polar surface area (TPSA) is 49.6 Å². The summed E-state index contributed by atoms with van der Waals surface area (Å²) in [6, 6.07) is 7.17. The first-order valence-electron chi connectivity index (χ1n) is 5.85. The van der Waals surface area contributed by atoms with E-state index in [1.807, 2.05) is 17.0 Å². The van der Waals surface area contributed by atoms with Crippen molar-refractivity contribution >= 4 is 17.3 Å². The number of piperazine rings is 1. The van der Waals surface area contributed by atoms with Crippen LogP contribution in [0.15, 0.2) is 24.3 Å². The van der Waals surface area contributed by atoms with Crippen LogP contribution in [0, 0.1) is 0 Å². The number of para-hydroxylation sites is 2. The van der Waals surface area contributed by atoms with Crippen LogP contribution in [0.25, 0.3) is 0 Å². The second-order valence-corrected chi connectivity index (χ2v) is 4.34. The molecule has 1 amide bonds. The standard InChI is InChI=1S/C12H14F3N3O/c13-12(14,15)11(19)18-7-5-17(6-8-18)10-4-2-1-3-9(10)16/h1-4H,5-8,16H2. The van der Waals surface area contributed by atoms with Gasteiger partial charge in [0.1, 0.15) is 0 Å².